The topological polar surface area (TPSA) is 148 Å². The molecule has 2 heterocycles. The standard InChI is InChI=1S/C16H16FN3O6/c17-9-6-20(15(24)19-13(9)18)14-16(25,12(23)10(7-21)26-14)11(22)8-4-2-1-3-5-8/h1-6,10,12,14,21,23,25H,7H2,(H2,18,19,24)/t10-,12-,14-,16+/m1/s1. The van der Waals surface area contributed by atoms with Crippen LogP contribution in [0.5, 0.6) is 0 Å². The Hall–Kier alpha value is -2.66. The number of anilines is 1. The molecule has 1 aromatic carbocycles. The summed E-state index contributed by atoms with van der Waals surface area (Å²) in [6, 6.07) is 7.49. The van der Waals surface area contributed by atoms with Crippen LogP contribution in [-0.2, 0) is 4.74 Å². The lowest BCUT2D eigenvalue weighted by atomic mass is 9.85. The summed E-state index contributed by atoms with van der Waals surface area (Å²) in [6.07, 6.45) is -4.47. The molecule has 0 unspecified atom stereocenters. The van der Waals surface area contributed by atoms with Crippen molar-refractivity contribution in [3.63, 3.8) is 0 Å². The molecule has 3 rings (SSSR count). The SMILES string of the molecule is Nc1nc(=O)n([C@@H]2O[C@H](CO)[C@@H](O)[C@@]2(O)C(=O)c2ccccc2)cc1F. The molecule has 1 aliphatic rings. The summed E-state index contributed by atoms with van der Waals surface area (Å²) in [4.78, 5) is 28.2. The van der Waals surface area contributed by atoms with Crippen molar-refractivity contribution in [3.05, 3.63) is 58.4 Å². The molecule has 0 bridgehead atoms. The Bertz CT molecular complexity index is 889. The van der Waals surface area contributed by atoms with Crippen LogP contribution < -0.4 is 11.4 Å². The van der Waals surface area contributed by atoms with Gasteiger partial charge in [-0.05, 0) is 0 Å². The minimum atomic E-state index is -2.66. The molecule has 2 aromatic rings. The largest absolute Gasteiger partial charge is 0.394 e. The second-order valence-electron chi connectivity index (χ2n) is 5.84. The highest BCUT2D eigenvalue weighted by Crippen LogP contribution is 2.40. The van der Waals surface area contributed by atoms with Gasteiger partial charge in [-0.15, -0.1) is 0 Å². The number of ketones is 1. The van der Waals surface area contributed by atoms with Gasteiger partial charge in [-0.3, -0.25) is 9.36 Å². The fourth-order valence-electron chi connectivity index (χ4n) is 2.89. The molecule has 1 saturated heterocycles. The number of nitrogens with two attached hydrogens (primary N) is 1. The monoisotopic (exact) mass is 365 g/mol. The fraction of sp³-hybridized carbons (Fsp3) is 0.312. The normalized spacial score (nSPS) is 28.2. The molecule has 5 N–H and O–H groups in total. The lowest BCUT2D eigenvalue weighted by Gasteiger charge is -2.30. The lowest BCUT2D eigenvalue weighted by molar-refractivity contribution is -0.0862. The number of nitrogen functional groups attached to an aromatic ring is 1. The molecule has 10 heteroatoms. The summed E-state index contributed by atoms with van der Waals surface area (Å²) in [5.41, 5.74) is 1.49. The average molecular weight is 365 g/mol. The number of carbonyl (C=O) groups is 1. The molecule has 1 aliphatic heterocycles. The van der Waals surface area contributed by atoms with Gasteiger partial charge in [0.1, 0.15) is 12.2 Å². The van der Waals surface area contributed by atoms with Crippen molar-refractivity contribution < 1.29 is 29.2 Å². The Morgan fingerprint density at radius 3 is 2.65 bits per heavy atom. The fourth-order valence-corrected chi connectivity index (χ4v) is 2.89. The molecule has 0 radical (unpaired) electrons. The molecule has 1 fully saturated rings. The van der Waals surface area contributed by atoms with E-state index >= 15 is 0 Å². The van der Waals surface area contributed by atoms with Gasteiger partial charge < -0.3 is 25.8 Å². The van der Waals surface area contributed by atoms with E-state index in [4.69, 9.17) is 10.5 Å². The molecule has 0 amide bonds. The number of hydrogen-bond donors (Lipinski definition) is 4. The zero-order valence-corrected chi connectivity index (χ0v) is 13.3. The second kappa shape index (κ2) is 6.57. The molecule has 26 heavy (non-hydrogen) atoms. The number of carbonyl (C=O) groups excluding carboxylic acids is 1. The lowest BCUT2D eigenvalue weighted by Crippen LogP contribution is -2.54. The third-order valence-electron chi connectivity index (χ3n) is 4.25. The molecule has 138 valence electrons. The summed E-state index contributed by atoms with van der Waals surface area (Å²) in [5, 5.41) is 30.7. The molecule has 9 nitrogen and oxygen atoms in total. The van der Waals surface area contributed by atoms with Crippen molar-refractivity contribution in [2.75, 3.05) is 12.3 Å². The smallest absolute Gasteiger partial charge is 0.351 e. The van der Waals surface area contributed by atoms with E-state index in [1.165, 1.54) is 24.3 Å². The van der Waals surface area contributed by atoms with E-state index in [2.05, 4.69) is 4.98 Å². The van der Waals surface area contributed by atoms with E-state index < -0.39 is 53.8 Å². The van der Waals surface area contributed by atoms with E-state index in [-0.39, 0.29) is 5.56 Å². The molecular weight excluding hydrogens is 349 g/mol. The zero-order chi connectivity index (χ0) is 19.1. The first-order chi connectivity index (χ1) is 12.3. The van der Waals surface area contributed by atoms with Crippen LogP contribution in [0.3, 0.4) is 0 Å². The third kappa shape index (κ3) is 2.69. The highest BCUT2D eigenvalue weighted by molar-refractivity contribution is 6.03. The van der Waals surface area contributed by atoms with Gasteiger partial charge in [0.25, 0.3) is 0 Å². The van der Waals surface area contributed by atoms with E-state index in [1.54, 1.807) is 6.07 Å². The minimum absolute atomic E-state index is 0.0261. The summed E-state index contributed by atoms with van der Waals surface area (Å²) < 4.78 is 19.6. The number of rotatable bonds is 4. The van der Waals surface area contributed by atoms with Crippen LogP contribution in [0.25, 0.3) is 0 Å². The van der Waals surface area contributed by atoms with Crippen LogP contribution in [-0.4, -0.2) is 55.1 Å². The van der Waals surface area contributed by atoms with Gasteiger partial charge in [-0.25, -0.2) is 9.18 Å². The number of Topliss-reactive ketones (excluding diaryl/α,β-unsaturated/α-hetero) is 1. The summed E-state index contributed by atoms with van der Waals surface area (Å²) in [6.45, 7) is -0.748. The van der Waals surface area contributed by atoms with E-state index in [0.29, 0.717) is 10.8 Å². The first-order valence-electron chi connectivity index (χ1n) is 7.61. The van der Waals surface area contributed by atoms with Crippen LogP contribution in [0.4, 0.5) is 10.2 Å². The molecular formula is C16H16FN3O6. The van der Waals surface area contributed by atoms with Crippen LogP contribution in [0.15, 0.2) is 41.3 Å². The first-order valence-corrected chi connectivity index (χ1v) is 7.61. The predicted molar refractivity (Wildman–Crippen MR) is 85.6 cm³/mol. The average Bonchev–Trinajstić information content (AvgIpc) is 2.90. The number of benzene rings is 1. The quantitative estimate of drug-likeness (QED) is 0.495. The third-order valence-corrected chi connectivity index (χ3v) is 4.25. The Kier molecular flexibility index (Phi) is 4.59. The Morgan fingerprint density at radius 2 is 2.04 bits per heavy atom. The van der Waals surface area contributed by atoms with Crippen LogP contribution >= 0.6 is 0 Å². The van der Waals surface area contributed by atoms with Gasteiger partial charge in [0.15, 0.2) is 17.9 Å². The van der Waals surface area contributed by atoms with Crippen LogP contribution in [0.2, 0.25) is 0 Å². The summed E-state index contributed by atoms with van der Waals surface area (Å²) in [5.74, 6) is -2.71. The number of hydrogen-bond acceptors (Lipinski definition) is 8. The second-order valence-corrected chi connectivity index (χ2v) is 5.84. The Balaban J connectivity index is 2.15. The summed E-state index contributed by atoms with van der Waals surface area (Å²) in [7, 11) is 0. The predicted octanol–water partition coefficient (Wildman–Crippen LogP) is -1.17. The Morgan fingerprint density at radius 1 is 1.38 bits per heavy atom. The highest BCUT2D eigenvalue weighted by atomic mass is 19.1. The summed E-state index contributed by atoms with van der Waals surface area (Å²) >= 11 is 0. The number of aliphatic hydroxyl groups excluding tert-OH is 2. The molecule has 4 atom stereocenters. The van der Waals surface area contributed by atoms with Crippen LogP contribution in [0.1, 0.15) is 16.6 Å². The first kappa shape index (κ1) is 18.1. The van der Waals surface area contributed by atoms with Gasteiger partial charge >= 0.3 is 5.69 Å². The van der Waals surface area contributed by atoms with E-state index in [9.17, 15) is 29.3 Å². The van der Waals surface area contributed by atoms with Gasteiger partial charge in [0, 0.05) is 5.56 Å². The number of aliphatic hydroxyl groups is 3. The van der Waals surface area contributed by atoms with Gasteiger partial charge in [-0.2, -0.15) is 4.98 Å². The van der Waals surface area contributed by atoms with Gasteiger partial charge in [0.05, 0.1) is 12.8 Å². The molecule has 0 saturated carbocycles. The molecule has 0 aliphatic carbocycles. The van der Waals surface area contributed by atoms with Crippen LogP contribution in [0, 0.1) is 5.82 Å². The van der Waals surface area contributed by atoms with Crippen molar-refractivity contribution >= 4 is 11.6 Å². The van der Waals surface area contributed by atoms with E-state index in [1.807, 2.05) is 0 Å². The number of nitrogens with zero attached hydrogens (tertiary/aromatic N) is 2. The van der Waals surface area contributed by atoms with Crippen molar-refractivity contribution in [2.24, 2.45) is 0 Å². The van der Waals surface area contributed by atoms with Crippen molar-refractivity contribution in [1.29, 1.82) is 0 Å². The molecule has 0 spiro atoms. The van der Waals surface area contributed by atoms with E-state index in [0.717, 1.165) is 0 Å². The van der Waals surface area contributed by atoms with Crippen molar-refractivity contribution in [3.8, 4) is 0 Å². The van der Waals surface area contributed by atoms with Crippen molar-refractivity contribution in [1.82, 2.24) is 9.55 Å². The zero-order valence-electron chi connectivity index (χ0n) is 13.3. The Labute approximate surface area is 146 Å². The van der Waals surface area contributed by atoms with Gasteiger partial charge in [-0.1, -0.05) is 30.3 Å². The van der Waals surface area contributed by atoms with Gasteiger partial charge in [0.2, 0.25) is 11.4 Å². The maximum absolute atomic E-state index is 13.8. The highest BCUT2D eigenvalue weighted by Gasteiger charge is 2.61. The maximum atomic E-state index is 13.8. The molecule has 1 aromatic heterocycles. The number of aromatic nitrogens is 2. The number of ether oxygens (including phenoxy) is 1. The van der Waals surface area contributed by atoms with Crippen molar-refractivity contribution in [2.45, 2.75) is 24.0 Å². The number of halogens is 1. The maximum Gasteiger partial charge on any atom is 0.351 e. The minimum Gasteiger partial charge on any atom is -0.394 e.